The number of nitrogens with one attached hydrogen (secondary N) is 2. The van der Waals surface area contributed by atoms with Crippen molar-refractivity contribution in [3.05, 3.63) is 41.5 Å². The number of hydrogen-bond donors (Lipinski definition) is 3. The van der Waals surface area contributed by atoms with Crippen molar-refractivity contribution in [3.8, 4) is 0 Å². The third-order valence-electron chi connectivity index (χ3n) is 3.98. The van der Waals surface area contributed by atoms with Crippen LogP contribution in [-0.4, -0.2) is 36.6 Å². The molecule has 3 N–H and O–H groups in total. The summed E-state index contributed by atoms with van der Waals surface area (Å²) in [4.78, 5) is 23.2. The SMILES string of the molecule is CNC(=O)c1ccc(C=CC(=O)NCC2CCCC2O)cc1. The van der Waals surface area contributed by atoms with Gasteiger partial charge in [-0.25, -0.2) is 0 Å². The van der Waals surface area contributed by atoms with E-state index in [4.69, 9.17) is 0 Å². The summed E-state index contributed by atoms with van der Waals surface area (Å²) in [5, 5.41) is 15.1. The number of hydrogen-bond acceptors (Lipinski definition) is 3. The first kappa shape index (κ1) is 16.2. The molecule has 1 aromatic carbocycles. The van der Waals surface area contributed by atoms with Gasteiger partial charge in [-0.15, -0.1) is 0 Å². The summed E-state index contributed by atoms with van der Waals surface area (Å²) in [6.45, 7) is 0.514. The van der Waals surface area contributed by atoms with E-state index in [1.54, 1.807) is 37.4 Å². The molecule has 118 valence electrons. The lowest BCUT2D eigenvalue weighted by molar-refractivity contribution is -0.116. The molecule has 1 aromatic rings. The molecule has 2 amide bonds. The normalized spacial score (nSPS) is 21.0. The van der Waals surface area contributed by atoms with E-state index in [2.05, 4.69) is 10.6 Å². The Morgan fingerprint density at radius 1 is 1.27 bits per heavy atom. The van der Waals surface area contributed by atoms with Crippen LogP contribution < -0.4 is 10.6 Å². The second-order valence-corrected chi connectivity index (χ2v) is 5.54. The van der Waals surface area contributed by atoms with Gasteiger partial charge in [0.15, 0.2) is 0 Å². The van der Waals surface area contributed by atoms with Crippen molar-refractivity contribution in [3.63, 3.8) is 0 Å². The molecule has 1 aliphatic carbocycles. The number of aliphatic hydroxyl groups excluding tert-OH is 1. The molecular formula is C17H22N2O3. The molecule has 5 heteroatoms. The van der Waals surface area contributed by atoms with Gasteiger partial charge >= 0.3 is 0 Å². The molecule has 2 atom stereocenters. The molecule has 0 aliphatic heterocycles. The minimum Gasteiger partial charge on any atom is -0.393 e. The highest BCUT2D eigenvalue weighted by Crippen LogP contribution is 2.24. The van der Waals surface area contributed by atoms with Gasteiger partial charge in [-0.1, -0.05) is 18.6 Å². The molecule has 2 unspecified atom stereocenters. The molecule has 2 rings (SSSR count). The van der Waals surface area contributed by atoms with Gasteiger partial charge in [0.05, 0.1) is 6.10 Å². The van der Waals surface area contributed by atoms with E-state index in [0.717, 1.165) is 24.8 Å². The standard InChI is InChI=1S/C17H22N2O3/c1-18-17(22)13-8-5-12(6-9-13)7-10-16(21)19-11-14-3-2-4-15(14)20/h5-10,14-15,20H,2-4,11H2,1H3,(H,18,22)(H,19,21). The predicted octanol–water partition coefficient (Wildman–Crippen LogP) is 1.34. The Morgan fingerprint density at radius 3 is 2.59 bits per heavy atom. The average molecular weight is 302 g/mol. The molecule has 0 heterocycles. The highest BCUT2D eigenvalue weighted by Gasteiger charge is 2.24. The van der Waals surface area contributed by atoms with Crippen LogP contribution in [0.2, 0.25) is 0 Å². The van der Waals surface area contributed by atoms with Crippen LogP contribution in [0.5, 0.6) is 0 Å². The van der Waals surface area contributed by atoms with E-state index in [-0.39, 0.29) is 23.8 Å². The highest BCUT2D eigenvalue weighted by atomic mass is 16.3. The monoisotopic (exact) mass is 302 g/mol. The minimum absolute atomic E-state index is 0.136. The van der Waals surface area contributed by atoms with Crippen molar-refractivity contribution in [2.75, 3.05) is 13.6 Å². The van der Waals surface area contributed by atoms with Crippen LogP contribution in [-0.2, 0) is 4.79 Å². The van der Waals surface area contributed by atoms with Crippen LogP contribution in [0.25, 0.3) is 6.08 Å². The zero-order valence-corrected chi connectivity index (χ0v) is 12.7. The lowest BCUT2D eigenvalue weighted by Crippen LogP contribution is -2.31. The average Bonchev–Trinajstić information content (AvgIpc) is 2.95. The maximum Gasteiger partial charge on any atom is 0.251 e. The molecule has 0 spiro atoms. The van der Waals surface area contributed by atoms with E-state index in [1.807, 2.05) is 0 Å². The van der Waals surface area contributed by atoms with Crippen LogP contribution in [0, 0.1) is 5.92 Å². The van der Waals surface area contributed by atoms with E-state index in [1.165, 1.54) is 6.08 Å². The minimum atomic E-state index is -0.290. The van der Waals surface area contributed by atoms with Crippen molar-refractivity contribution >= 4 is 17.9 Å². The zero-order valence-electron chi connectivity index (χ0n) is 12.7. The lowest BCUT2D eigenvalue weighted by atomic mass is 10.1. The summed E-state index contributed by atoms with van der Waals surface area (Å²) >= 11 is 0. The summed E-state index contributed by atoms with van der Waals surface area (Å²) in [5.74, 6) is -0.137. The van der Waals surface area contributed by atoms with Crippen molar-refractivity contribution in [1.29, 1.82) is 0 Å². The molecule has 5 nitrogen and oxygen atoms in total. The molecule has 1 fully saturated rings. The van der Waals surface area contributed by atoms with Gasteiger partial charge in [0.25, 0.3) is 5.91 Å². The van der Waals surface area contributed by atoms with Crippen LogP contribution in [0.4, 0.5) is 0 Å². The largest absolute Gasteiger partial charge is 0.393 e. The number of benzene rings is 1. The Morgan fingerprint density at radius 2 is 2.00 bits per heavy atom. The van der Waals surface area contributed by atoms with Gasteiger partial charge in [0.2, 0.25) is 5.91 Å². The third-order valence-corrected chi connectivity index (χ3v) is 3.98. The molecular weight excluding hydrogens is 280 g/mol. The summed E-state index contributed by atoms with van der Waals surface area (Å²) < 4.78 is 0. The van der Waals surface area contributed by atoms with Crippen molar-refractivity contribution in [2.24, 2.45) is 5.92 Å². The highest BCUT2D eigenvalue weighted by molar-refractivity contribution is 5.94. The van der Waals surface area contributed by atoms with Crippen LogP contribution in [0.15, 0.2) is 30.3 Å². The summed E-state index contributed by atoms with van der Waals surface area (Å²) in [6, 6.07) is 7.00. The fourth-order valence-corrected chi connectivity index (χ4v) is 2.61. The quantitative estimate of drug-likeness (QED) is 0.718. The van der Waals surface area contributed by atoms with Gasteiger partial charge in [-0.3, -0.25) is 9.59 Å². The van der Waals surface area contributed by atoms with Gasteiger partial charge in [-0.2, -0.15) is 0 Å². The molecule has 0 saturated heterocycles. The molecule has 0 bridgehead atoms. The van der Waals surface area contributed by atoms with Gasteiger partial charge < -0.3 is 15.7 Å². The van der Waals surface area contributed by atoms with Crippen molar-refractivity contribution in [1.82, 2.24) is 10.6 Å². The van der Waals surface area contributed by atoms with Gasteiger partial charge in [0.1, 0.15) is 0 Å². The number of rotatable bonds is 5. The van der Waals surface area contributed by atoms with E-state index >= 15 is 0 Å². The maximum atomic E-state index is 11.8. The summed E-state index contributed by atoms with van der Waals surface area (Å²) in [5.41, 5.74) is 1.43. The first-order chi connectivity index (χ1) is 10.6. The molecule has 1 saturated carbocycles. The predicted molar refractivity (Wildman–Crippen MR) is 85.2 cm³/mol. The van der Waals surface area contributed by atoms with Crippen molar-refractivity contribution < 1.29 is 14.7 Å². The molecule has 1 aliphatic rings. The Kier molecular flexibility index (Phi) is 5.72. The molecule has 0 aromatic heterocycles. The molecule has 0 radical (unpaired) electrons. The van der Waals surface area contributed by atoms with Crippen molar-refractivity contribution in [2.45, 2.75) is 25.4 Å². The van der Waals surface area contributed by atoms with Crippen LogP contribution in [0.1, 0.15) is 35.2 Å². The Labute approximate surface area is 130 Å². The Hall–Kier alpha value is -2.14. The van der Waals surface area contributed by atoms with Crippen LogP contribution >= 0.6 is 0 Å². The Balaban J connectivity index is 1.83. The number of carbonyl (C=O) groups is 2. The summed E-state index contributed by atoms with van der Waals surface area (Å²) in [6.07, 6.45) is 5.70. The first-order valence-electron chi connectivity index (χ1n) is 7.56. The maximum absolute atomic E-state index is 11.8. The number of aliphatic hydroxyl groups is 1. The molecule has 22 heavy (non-hydrogen) atoms. The number of amides is 2. The second kappa shape index (κ2) is 7.75. The van der Waals surface area contributed by atoms with Crippen LogP contribution in [0.3, 0.4) is 0 Å². The Bertz CT molecular complexity index is 552. The van der Waals surface area contributed by atoms with E-state index in [9.17, 15) is 14.7 Å². The fraction of sp³-hybridized carbons (Fsp3) is 0.412. The van der Waals surface area contributed by atoms with E-state index in [0.29, 0.717) is 12.1 Å². The summed E-state index contributed by atoms with van der Waals surface area (Å²) in [7, 11) is 1.59. The van der Waals surface area contributed by atoms with Gasteiger partial charge in [0, 0.05) is 31.1 Å². The topological polar surface area (TPSA) is 78.4 Å². The first-order valence-corrected chi connectivity index (χ1v) is 7.56. The number of carbonyl (C=O) groups excluding carboxylic acids is 2. The van der Waals surface area contributed by atoms with E-state index < -0.39 is 0 Å². The zero-order chi connectivity index (χ0) is 15.9. The lowest BCUT2D eigenvalue weighted by Gasteiger charge is -2.13. The fourth-order valence-electron chi connectivity index (χ4n) is 2.61. The second-order valence-electron chi connectivity index (χ2n) is 5.54. The third kappa shape index (κ3) is 4.43. The van der Waals surface area contributed by atoms with Gasteiger partial charge in [-0.05, 0) is 36.6 Å². The smallest absolute Gasteiger partial charge is 0.251 e.